The van der Waals surface area contributed by atoms with E-state index in [4.69, 9.17) is 14.2 Å². The fourth-order valence-corrected chi connectivity index (χ4v) is 2.18. The van der Waals surface area contributed by atoms with Crippen LogP contribution in [0.15, 0.2) is 42.5 Å². The first-order valence-corrected chi connectivity index (χ1v) is 6.91. The molecular weight excluding hydrogens is 298 g/mol. The number of ether oxygens (including phenoxy) is 3. The molecule has 3 aromatic rings. The number of nitrogens with zero attached hydrogens (tertiary/aromatic N) is 3. The van der Waals surface area contributed by atoms with E-state index in [9.17, 15) is 4.79 Å². The fraction of sp³-hybridized carbons (Fsp3) is 0.188. The normalized spacial score (nSPS) is 10.5. The van der Waals surface area contributed by atoms with Gasteiger partial charge in [0.05, 0.1) is 14.2 Å². The maximum absolute atomic E-state index is 11.9. The lowest BCUT2D eigenvalue weighted by molar-refractivity contribution is 0.0591. The Balaban J connectivity index is 1.86. The zero-order chi connectivity index (χ0) is 16.2. The second-order valence-electron chi connectivity index (χ2n) is 4.68. The van der Waals surface area contributed by atoms with Crippen molar-refractivity contribution in [2.24, 2.45) is 0 Å². The van der Waals surface area contributed by atoms with Gasteiger partial charge in [0.1, 0.15) is 23.8 Å². The Bertz CT molecular complexity index is 827. The quantitative estimate of drug-likeness (QED) is 0.672. The number of benzene rings is 1. The Morgan fingerprint density at radius 2 is 1.78 bits per heavy atom. The summed E-state index contributed by atoms with van der Waals surface area (Å²) in [4.78, 5) is 11.9. The van der Waals surface area contributed by atoms with Crippen LogP contribution in [0.25, 0.3) is 5.65 Å². The Morgan fingerprint density at radius 3 is 2.48 bits per heavy atom. The van der Waals surface area contributed by atoms with Crippen LogP contribution in [-0.4, -0.2) is 34.8 Å². The number of hydrogen-bond acceptors (Lipinski definition) is 6. The molecule has 0 radical (unpaired) electrons. The second kappa shape index (κ2) is 6.35. The van der Waals surface area contributed by atoms with Crippen LogP contribution in [0.3, 0.4) is 0 Å². The highest BCUT2D eigenvalue weighted by molar-refractivity contribution is 5.88. The molecule has 7 nitrogen and oxygen atoms in total. The van der Waals surface area contributed by atoms with Crippen molar-refractivity contribution in [3.8, 4) is 11.5 Å². The molecule has 0 bridgehead atoms. The van der Waals surface area contributed by atoms with Gasteiger partial charge >= 0.3 is 5.97 Å². The molecule has 0 spiro atoms. The molecule has 0 saturated heterocycles. The summed E-state index contributed by atoms with van der Waals surface area (Å²) in [5.41, 5.74) is 0.907. The highest BCUT2D eigenvalue weighted by atomic mass is 16.5. The highest BCUT2D eigenvalue weighted by Crippen LogP contribution is 2.18. The molecule has 0 aliphatic heterocycles. The molecule has 0 saturated carbocycles. The minimum atomic E-state index is -0.457. The van der Waals surface area contributed by atoms with Crippen molar-refractivity contribution in [1.82, 2.24) is 14.6 Å². The molecule has 0 aliphatic carbocycles. The number of aromatic nitrogens is 3. The van der Waals surface area contributed by atoms with Crippen LogP contribution in [0.2, 0.25) is 0 Å². The molecule has 0 fully saturated rings. The number of hydrogen-bond donors (Lipinski definition) is 0. The largest absolute Gasteiger partial charge is 0.497 e. The Labute approximate surface area is 132 Å². The van der Waals surface area contributed by atoms with Crippen LogP contribution in [0.1, 0.15) is 16.3 Å². The number of methoxy groups -OCH3 is 2. The van der Waals surface area contributed by atoms with E-state index >= 15 is 0 Å². The lowest BCUT2D eigenvalue weighted by Crippen LogP contribution is -2.11. The summed E-state index contributed by atoms with van der Waals surface area (Å²) in [7, 11) is 2.94. The van der Waals surface area contributed by atoms with Crippen molar-refractivity contribution in [3.63, 3.8) is 0 Å². The van der Waals surface area contributed by atoms with Crippen LogP contribution >= 0.6 is 0 Å². The minimum Gasteiger partial charge on any atom is -0.497 e. The molecule has 0 unspecified atom stereocenters. The van der Waals surface area contributed by atoms with E-state index < -0.39 is 5.97 Å². The molecule has 0 atom stereocenters. The highest BCUT2D eigenvalue weighted by Gasteiger charge is 2.15. The van der Waals surface area contributed by atoms with Gasteiger partial charge in [0.25, 0.3) is 0 Å². The van der Waals surface area contributed by atoms with Gasteiger partial charge in [0.2, 0.25) is 0 Å². The van der Waals surface area contributed by atoms with Crippen molar-refractivity contribution in [2.75, 3.05) is 14.2 Å². The van der Waals surface area contributed by atoms with Gasteiger partial charge < -0.3 is 14.2 Å². The molecule has 1 aromatic carbocycles. The summed E-state index contributed by atoms with van der Waals surface area (Å²) >= 11 is 0. The molecule has 118 valence electrons. The van der Waals surface area contributed by atoms with E-state index in [1.54, 1.807) is 54.0 Å². The second-order valence-corrected chi connectivity index (χ2v) is 4.68. The van der Waals surface area contributed by atoms with Gasteiger partial charge in [-0.1, -0.05) is 6.07 Å². The molecule has 0 N–H and O–H groups in total. The number of pyridine rings is 1. The van der Waals surface area contributed by atoms with Crippen molar-refractivity contribution >= 4 is 11.6 Å². The minimum absolute atomic E-state index is 0.168. The molecule has 3 rings (SSSR count). The topological polar surface area (TPSA) is 75.0 Å². The van der Waals surface area contributed by atoms with Gasteiger partial charge in [-0.25, -0.2) is 4.79 Å². The standard InChI is InChI=1S/C16H15N3O4/c1-21-11-6-8-12(9-7-11)23-10-15-18-17-14-5-3-4-13(19(14)15)16(20)22-2/h3-9H,10H2,1-2H3. The summed E-state index contributed by atoms with van der Waals surface area (Å²) in [6.45, 7) is 0.168. The molecule has 23 heavy (non-hydrogen) atoms. The Kier molecular flexibility index (Phi) is 4.09. The maximum atomic E-state index is 11.9. The summed E-state index contributed by atoms with van der Waals surface area (Å²) in [6, 6.07) is 12.3. The monoisotopic (exact) mass is 313 g/mol. The van der Waals surface area contributed by atoms with Gasteiger partial charge in [-0.2, -0.15) is 0 Å². The summed E-state index contributed by atoms with van der Waals surface area (Å²) in [6.07, 6.45) is 0. The van der Waals surface area contributed by atoms with Crippen LogP contribution in [0.4, 0.5) is 0 Å². The zero-order valence-electron chi connectivity index (χ0n) is 12.7. The molecule has 0 aliphatic rings. The Hall–Kier alpha value is -3.09. The SMILES string of the molecule is COC(=O)c1cccc2nnc(COc3ccc(OC)cc3)n12. The smallest absolute Gasteiger partial charge is 0.355 e. The lowest BCUT2D eigenvalue weighted by atomic mass is 10.3. The van der Waals surface area contributed by atoms with Gasteiger partial charge in [-0.3, -0.25) is 4.40 Å². The third-order valence-electron chi connectivity index (χ3n) is 3.32. The Morgan fingerprint density at radius 1 is 1.04 bits per heavy atom. The molecule has 7 heteroatoms. The van der Waals surface area contributed by atoms with E-state index in [-0.39, 0.29) is 6.61 Å². The summed E-state index contributed by atoms with van der Waals surface area (Å²) < 4.78 is 17.2. The van der Waals surface area contributed by atoms with Crippen LogP contribution in [-0.2, 0) is 11.3 Å². The first-order valence-electron chi connectivity index (χ1n) is 6.91. The van der Waals surface area contributed by atoms with Crippen LogP contribution in [0.5, 0.6) is 11.5 Å². The van der Waals surface area contributed by atoms with Crippen LogP contribution in [0, 0.1) is 0 Å². The molecule has 2 heterocycles. The maximum Gasteiger partial charge on any atom is 0.355 e. The zero-order valence-corrected chi connectivity index (χ0v) is 12.7. The molecule has 2 aromatic heterocycles. The number of fused-ring (bicyclic) bond motifs is 1. The average molecular weight is 313 g/mol. The first kappa shape index (κ1) is 14.8. The number of esters is 1. The number of rotatable bonds is 5. The molecule has 0 amide bonds. The summed E-state index contributed by atoms with van der Waals surface area (Å²) in [5.74, 6) is 1.47. The van der Waals surface area contributed by atoms with E-state index in [0.29, 0.717) is 22.9 Å². The first-order chi connectivity index (χ1) is 11.2. The predicted octanol–water partition coefficient (Wildman–Crippen LogP) is 2.10. The predicted molar refractivity (Wildman–Crippen MR) is 81.7 cm³/mol. The van der Waals surface area contributed by atoms with Gasteiger partial charge in [-0.05, 0) is 36.4 Å². The number of carbonyl (C=O) groups excluding carboxylic acids is 1. The van der Waals surface area contributed by atoms with E-state index in [0.717, 1.165) is 5.75 Å². The summed E-state index contributed by atoms with van der Waals surface area (Å²) in [5, 5.41) is 8.12. The average Bonchev–Trinajstić information content (AvgIpc) is 3.03. The van der Waals surface area contributed by atoms with Crippen LogP contribution < -0.4 is 9.47 Å². The molecular formula is C16H15N3O4. The van der Waals surface area contributed by atoms with E-state index in [1.165, 1.54) is 7.11 Å². The van der Waals surface area contributed by atoms with E-state index in [1.807, 2.05) is 0 Å². The van der Waals surface area contributed by atoms with Gasteiger partial charge in [0.15, 0.2) is 11.5 Å². The van der Waals surface area contributed by atoms with Gasteiger partial charge in [0, 0.05) is 0 Å². The third kappa shape index (κ3) is 2.94. The van der Waals surface area contributed by atoms with Gasteiger partial charge in [-0.15, -0.1) is 10.2 Å². The van der Waals surface area contributed by atoms with Crippen molar-refractivity contribution in [3.05, 3.63) is 54.0 Å². The van der Waals surface area contributed by atoms with Crippen molar-refractivity contribution in [2.45, 2.75) is 6.61 Å². The third-order valence-corrected chi connectivity index (χ3v) is 3.32. The van der Waals surface area contributed by atoms with Crippen molar-refractivity contribution in [1.29, 1.82) is 0 Å². The fourth-order valence-electron chi connectivity index (χ4n) is 2.18. The number of carbonyl (C=O) groups is 1. The van der Waals surface area contributed by atoms with E-state index in [2.05, 4.69) is 10.2 Å². The van der Waals surface area contributed by atoms with Crippen molar-refractivity contribution < 1.29 is 19.0 Å². The lowest BCUT2D eigenvalue weighted by Gasteiger charge is -2.08.